The fourth-order valence-electron chi connectivity index (χ4n) is 3.34. The highest BCUT2D eigenvalue weighted by atomic mass is 79.9. The summed E-state index contributed by atoms with van der Waals surface area (Å²) in [5, 5.41) is 10.6. The van der Waals surface area contributed by atoms with E-state index in [0.29, 0.717) is 5.69 Å². The number of methoxy groups -OCH3 is 2. The Hall–Kier alpha value is -7.04. The fourth-order valence-corrected chi connectivity index (χ4v) is 3.96. The first-order chi connectivity index (χ1) is 29.9. The smallest absolute Gasteiger partial charge is 0.359 e. The number of aromatic nitrogens is 8. The number of H-pyrrole nitrogens is 1. The van der Waals surface area contributed by atoms with Crippen molar-refractivity contribution in [3.05, 3.63) is 97.7 Å². The first-order valence-corrected chi connectivity index (χ1v) is 18.1. The Morgan fingerprint density at radius 1 is 0.739 bits per heavy atom. The molecule has 29 heteroatoms. The van der Waals surface area contributed by atoms with Gasteiger partial charge in [-0.15, -0.1) is 0 Å². The normalized spacial score (nSPS) is 11.6. The Kier molecular flexibility index (Phi) is 39.4. The number of carbonyl (C=O) groups excluding carboxylic acids is 5. The maximum Gasteiger partial charge on any atom is 0.359 e. The number of nitrogens with one attached hydrogen (secondary N) is 2. The number of halogens is 7. The van der Waals surface area contributed by atoms with Crippen molar-refractivity contribution in [1.29, 1.82) is 0 Å². The molecular formula is C40H55BrF6N10O11S. The van der Waals surface area contributed by atoms with Gasteiger partial charge < -0.3 is 24.3 Å². The number of esters is 3. The van der Waals surface area contributed by atoms with Gasteiger partial charge in [0, 0.05) is 0 Å². The van der Waals surface area contributed by atoms with Gasteiger partial charge in [-0.3, -0.25) is 19.7 Å². The highest BCUT2D eigenvalue weighted by Gasteiger charge is 2.26. The molecule has 5 rings (SSSR count). The van der Waals surface area contributed by atoms with Crippen LogP contribution in [0.4, 0.5) is 26.3 Å². The molecule has 0 aliphatic carbocycles. The molecule has 0 radical (unpaired) electrons. The summed E-state index contributed by atoms with van der Waals surface area (Å²) in [4.78, 5) is 103. The summed E-state index contributed by atoms with van der Waals surface area (Å²) in [5.74, 6) is -9.29. The minimum atomic E-state index is -2.11. The number of thiocarbonyl (C=S) groups is 1. The summed E-state index contributed by atoms with van der Waals surface area (Å²) in [6.45, 7) is 8.53. The lowest BCUT2D eigenvalue weighted by atomic mass is 10.2. The van der Waals surface area contributed by atoms with Crippen molar-refractivity contribution in [3.63, 3.8) is 0 Å². The Bertz CT molecular complexity index is 2400. The SMILES string of the molecule is C.C.C.C.C.CC1=NC(=S)NC(=O)C1F.CCOC(=O)C(F)C(C)=O.COC(=O)c1ncnc(C(=O)O)c1F.COC(=O)c1ncnc(C)c1F.Cc1nc[nH]c(=O)c1F.Cc1ncnc(Br)c1F. The van der Waals surface area contributed by atoms with Gasteiger partial charge in [-0.2, -0.15) is 4.39 Å². The lowest BCUT2D eigenvalue weighted by Gasteiger charge is -2.13. The number of aromatic amines is 1. The molecule has 4 aromatic rings. The maximum atomic E-state index is 13.2. The standard InChI is InChI=1S/C7H5FN2O4.C7H7FN2O2.C6H9FO3.C5H4BrFN2.C5H5FN2OS.C5H5FN2O.5CH4/c1-14-7(13)5-3(8)4(6(11)12)9-2-10-5;1-4-5(8)6(7(11)12-2)10-3-9-4;1-3-10-6(9)5(7)4(2)8;1-3-4(7)5(6)9-2-8-3;1-2-3(6)4(9)8-5(10)7-2;1-3-4(6)5(9)8-2-7-3;;;;;/h2H,1H3,(H,11,12);3H,1-2H3;5H,3H2,1-2H3;2H,1H3;3H,1H3,(H,8,9,10);2H,1H3,(H,7,8,9);5*1H4. The molecular weight excluding hydrogens is 1020 g/mol. The van der Waals surface area contributed by atoms with Gasteiger partial charge in [0.05, 0.1) is 49.9 Å². The molecule has 2 atom stereocenters. The molecule has 1 aliphatic rings. The summed E-state index contributed by atoms with van der Waals surface area (Å²) in [6, 6.07) is 0. The molecule has 1 aliphatic heterocycles. The highest BCUT2D eigenvalue weighted by molar-refractivity contribution is 9.10. The van der Waals surface area contributed by atoms with Crippen molar-refractivity contribution in [2.24, 2.45) is 4.99 Å². The number of carboxylic acid groups (broad SMARTS) is 1. The quantitative estimate of drug-likeness (QED) is 0.0459. The number of rotatable bonds is 6. The molecule has 0 saturated heterocycles. The summed E-state index contributed by atoms with van der Waals surface area (Å²) < 4.78 is 88.8. The Morgan fingerprint density at radius 2 is 1.17 bits per heavy atom. The van der Waals surface area contributed by atoms with E-state index in [2.05, 4.69) is 92.5 Å². The molecule has 1 amide bonds. The molecule has 3 N–H and O–H groups in total. The number of aliphatic imine (C=N–C) groups is 1. The third-order valence-electron chi connectivity index (χ3n) is 6.56. The van der Waals surface area contributed by atoms with Crippen molar-refractivity contribution in [3.8, 4) is 0 Å². The third kappa shape index (κ3) is 25.1. The van der Waals surface area contributed by atoms with E-state index in [0.717, 1.165) is 26.7 Å². The van der Waals surface area contributed by atoms with Gasteiger partial charge in [0.15, 0.2) is 45.4 Å². The first-order valence-electron chi connectivity index (χ1n) is 16.9. The number of hydrogen-bond acceptors (Lipinski definition) is 18. The average Bonchev–Trinajstić information content (AvgIpc) is 3.25. The number of amides is 1. The topological polar surface area (TPSA) is 298 Å². The molecule has 0 spiro atoms. The Labute approximate surface area is 407 Å². The first kappa shape index (κ1) is 73.5. The second-order valence-electron chi connectivity index (χ2n) is 11.1. The van der Waals surface area contributed by atoms with Crippen LogP contribution in [-0.4, -0.2) is 125 Å². The molecule has 0 fully saturated rings. The van der Waals surface area contributed by atoms with Crippen LogP contribution in [0.3, 0.4) is 0 Å². The Balaban J connectivity index is -0.000000171. The number of carbonyl (C=O) groups is 6. The average molecular weight is 1080 g/mol. The lowest BCUT2D eigenvalue weighted by molar-refractivity contribution is -0.152. The minimum absolute atomic E-state index is 0. The van der Waals surface area contributed by atoms with Crippen molar-refractivity contribution in [2.75, 3.05) is 20.8 Å². The molecule has 0 aromatic carbocycles. The number of alkyl halides is 2. The van der Waals surface area contributed by atoms with Gasteiger partial charge in [0.2, 0.25) is 12.0 Å². The van der Waals surface area contributed by atoms with Crippen molar-refractivity contribution < 1.29 is 74.4 Å². The summed E-state index contributed by atoms with van der Waals surface area (Å²) in [7, 11) is 2.20. The van der Waals surface area contributed by atoms with Crippen LogP contribution in [0.1, 0.15) is 106 Å². The van der Waals surface area contributed by atoms with Crippen molar-refractivity contribution in [1.82, 2.24) is 45.2 Å². The molecule has 0 bridgehead atoms. The van der Waals surface area contributed by atoms with E-state index in [1.807, 2.05) is 0 Å². The van der Waals surface area contributed by atoms with E-state index in [1.165, 1.54) is 40.5 Å². The van der Waals surface area contributed by atoms with Gasteiger partial charge in [0.25, 0.3) is 17.6 Å². The largest absolute Gasteiger partial charge is 0.476 e. The van der Waals surface area contributed by atoms with E-state index in [1.54, 1.807) is 13.8 Å². The number of hydrogen-bond donors (Lipinski definition) is 3. The van der Waals surface area contributed by atoms with Crippen LogP contribution < -0.4 is 10.9 Å². The van der Waals surface area contributed by atoms with Crippen LogP contribution in [0.15, 0.2) is 39.7 Å². The zero-order valence-electron chi connectivity index (χ0n) is 34.3. The number of ether oxygens (including phenoxy) is 3. The number of aryl methyl sites for hydroxylation is 3. The van der Waals surface area contributed by atoms with Crippen LogP contribution in [0.25, 0.3) is 0 Å². The fraction of sp³-hybridized carbons (Fsp3) is 0.400. The summed E-state index contributed by atoms with van der Waals surface area (Å²) in [5.41, 5.74) is -1.87. The van der Waals surface area contributed by atoms with Crippen LogP contribution in [0, 0.1) is 44.0 Å². The molecule has 4 aromatic heterocycles. The van der Waals surface area contributed by atoms with E-state index in [4.69, 9.17) is 5.11 Å². The van der Waals surface area contributed by atoms with Crippen LogP contribution in [0.5, 0.6) is 0 Å². The second kappa shape index (κ2) is 37.0. The molecule has 386 valence electrons. The molecule has 2 unspecified atom stereocenters. The van der Waals surface area contributed by atoms with Crippen molar-refractivity contribution >= 4 is 74.5 Å². The van der Waals surface area contributed by atoms with E-state index in [9.17, 15) is 59.9 Å². The number of carboxylic acids is 1. The van der Waals surface area contributed by atoms with E-state index >= 15 is 0 Å². The van der Waals surface area contributed by atoms with Crippen molar-refractivity contribution in [2.45, 2.75) is 91.0 Å². The minimum Gasteiger partial charge on any atom is -0.476 e. The second-order valence-corrected chi connectivity index (χ2v) is 12.3. The predicted molar refractivity (Wildman–Crippen MR) is 247 cm³/mol. The van der Waals surface area contributed by atoms with Crippen LogP contribution >= 0.6 is 28.1 Å². The maximum absolute atomic E-state index is 13.2. The van der Waals surface area contributed by atoms with Crippen LogP contribution in [-0.2, 0) is 28.6 Å². The number of Topliss-reactive ketones (excluding diaryl/α,β-unsaturated/α-hetero) is 1. The molecule has 0 saturated carbocycles. The molecule has 5 heterocycles. The number of nitrogens with zero attached hydrogens (tertiary/aromatic N) is 8. The predicted octanol–water partition coefficient (Wildman–Crippen LogP) is 6.57. The van der Waals surface area contributed by atoms with Crippen LogP contribution in [0.2, 0.25) is 0 Å². The number of ketones is 1. The van der Waals surface area contributed by atoms with Gasteiger partial charge in [0.1, 0.15) is 23.6 Å². The number of aromatic carboxylic acids is 1. The zero-order chi connectivity index (χ0) is 49.4. The van der Waals surface area contributed by atoms with Gasteiger partial charge in [-0.1, -0.05) is 37.1 Å². The lowest BCUT2D eigenvalue weighted by Crippen LogP contribution is -2.43. The van der Waals surface area contributed by atoms with Gasteiger partial charge >= 0.3 is 23.9 Å². The van der Waals surface area contributed by atoms with Gasteiger partial charge in [-0.05, 0) is 69.7 Å². The summed E-state index contributed by atoms with van der Waals surface area (Å²) in [6.07, 6.45) is 0.624. The van der Waals surface area contributed by atoms with E-state index in [-0.39, 0.29) is 76.2 Å². The van der Waals surface area contributed by atoms with Gasteiger partial charge in [-0.25, -0.2) is 81.0 Å². The third-order valence-corrected chi connectivity index (χ3v) is 7.31. The Morgan fingerprint density at radius 3 is 1.57 bits per heavy atom. The molecule has 21 nitrogen and oxygen atoms in total. The highest BCUT2D eigenvalue weighted by Crippen LogP contribution is 2.12. The summed E-state index contributed by atoms with van der Waals surface area (Å²) >= 11 is 7.45. The molecule has 69 heavy (non-hydrogen) atoms. The van der Waals surface area contributed by atoms with E-state index < -0.39 is 88.1 Å². The monoisotopic (exact) mass is 1080 g/mol. The zero-order valence-corrected chi connectivity index (χ0v) is 36.7.